The van der Waals surface area contributed by atoms with Crippen molar-refractivity contribution in [2.24, 2.45) is 0 Å². The van der Waals surface area contributed by atoms with Crippen molar-refractivity contribution in [1.29, 1.82) is 0 Å². The summed E-state index contributed by atoms with van der Waals surface area (Å²) < 4.78 is 99.0. The predicted octanol–water partition coefficient (Wildman–Crippen LogP) is 13.3. The molecule has 0 spiro atoms. The Balaban J connectivity index is 1.69. The third-order valence-corrected chi connectivity index (χ3v) is 9.75. The van der Waals surface area contributed by atoms with Crippen LogP contribution in [0.5, 0.6) is 0 Å². The Morgan fingerprint density at radius 1 is 0.308 bits per heavy atom. The molecule has 9 rings (SSSR count). The van der Waals surface area contributed by atoms with Gasteiger partial charge in [0.25, 0.3) is 0 Å². The maximum atomic E-state index is 15.9. The number of fused-ring (bicyclic) bond motifs is 6. The fourth-order valence-electron chi connectivity index (χ4n) is 7.82. The van der Waals surface area contributed by atoms with Gasteiger partial charge in [-0.05, 0) is 35.4 Å². The molecule has 0 aliphatic carbocycles. The minimum atomic E-state index is -5.42. The first-order valence-electron chi connectivity index (χ1n) is 16.6. The highest BCUT2D eigenvalue weighted by atomic mass is 19.4. The number of halogens is 6. The van der Waals surface area contributed by atoms with Gasteiger partial charge in [-0.25, -0.2) is 0 Å². The van der Waals surface area contributed by atoms with Gasteiger partial charge < -0.3 is 9.13 Å². The highest BCUT2D eigenvalue weighted by Crippen LogP contribution is 2.56. The van der Waals surface area contributed by atoms with E-state index in [4.69, 9.17) is 0 Å². The van der Waals surface area contributed by atoms with E-state index in [1.807, 2.05) is 48.5 Å². The lowest BCUT2D eigenvalue weighted by molar-refractivity contribution is -0.161. The molecular formula is C44H26F6N2. The number of aromatic nitrogens is 2. The van der Waals surface area contributed by atoms with Crippen LogP contribution in [0.4, 0.5) is 26.3 Å². The van der Waals surface area contributed by atoms with E-state index in [2.05, 4.69) is 0 Å². The molecule has 0 saturated heterocycles. The average molecular weight is 697 g/mol. The van der Waals surface area contributed by atoms with E-state index in [1.165, 1.54) is 24.3 Å². The lowest BCUT2D eigenvalue weighted by Crippen LogP contribution is -2.23. The zero-order valence-corrected chi connectivity index (χ0v) is 27.2. The second-order valence-corrected chi connectivity index (χ2v) is 12.7. The first kappa shape index (κ1) is 31.7. The summed E-state index contributed by atoms with van der Waals surface area (Å²) in [6.45, 7) is 0. The van der Waals surface area contributed by atoms with Crippen molar-refractivity contribution in [2.75, 3.05) is 0 Å². The number of nitrogens with zero attached hydrogens (tertiary/aromatic N) is 2. The minimum Gasteiger partial charge on any atom is -0.307 e. The van der Waals surface area contributed by atoms with E-state index in [1.54, 1.807) is 94.1 Å². The normalized spacial score (nSPS) is 12.4. The molecule has 2 heterocycles. The van der Waals surface area contributed by atoms with Crippen LogP contribution in [-0.4, -0.2) is 9.13 Å². The molecule has 254 valence electrons. The van der Waals surface area contributed by atoms with Gasteiger partial charge >= 0.3 is 12.4 Å². The number of para-hydroxylation sites is 4. The van der Waals surface area contributed by atoms with Gasteiger partial charge in [-0.15, -0.1) is 0 Å². The summed E-state index contributed by atoms with van der Waals surface area (Å²) in [5.74, 6) is 0. The molecule has 0 aliphatic heterocycles. The standard InChI is InChI=1S/C44H26F6N2/c45-43(46,47)39-37(27-15-3-1-4-16-27)41(51-33-23-11-7-19-29(33)30-20-8-12-24-34(30)51)42(38(40(39)44(48,49)50)28-17-5-2-6-18-28)52-35-25-13-9-21-31(35)32-22-10-14-26-36(32)52/h1-26H. The maximum absolute atomic E-state index is 15.9. The fourth-order valence-corrected chi connectivity index (χ4v) is 7.82. The fraction of sp³-hybridized carbons (Fsp3) is 0.0455. The number of benzene rings is 7. The van der Waals surface area contributed by atoms with Crippen molar-refractivity contribution in [3.05, 3.63) is 169 Å². The van der Waals surface area contributed by atoms with Gasteiger partial charge in [0.2, 0.25) is 0 Å². The molecule has 2 nitrogen and oxygen atoms in total. The molecule has 0 amide bonds. The van der Waals surface area contributed by atoms with Crippen LogP contribution in [-0.2, 0) is 12.4 Å². The molecule has 0 fully saturated rings. The summed E-state index contributed by atoms with van der Waals surface area (Å²) in [5.41, 5.74) is -2.46. The summed E-state index contributed by atoms with van der Waals surface area (Å²) in [7, 11) is 0. The van der Waals surface area contributed by atoms with Crippen LogP contribution in [0.2, 0.25) is 0 Å². The number of rotatable bonds is 4. The third kappa shape index (κ3) is 4.74. The second kappa shape index (κ2) is 11.6. The molecule has 52 heavy (non-hydrogen) atoms. The van der Waals surface area contributed by atoms with Crippen molar-refractivity contribution in [1.82, 2.24) is 9.13 Å². The van der Waals surface area contributed by atoms with Crippen molar-refractivity contribution >= 4 is 43.6 Å². The number of hydrogen-bond donors (Lipinski definition) is 0. The summed E-state index contributed by atoms with van der Waals surface area (Å²) in [6, 6.07) is 44.4. The van der Waals surface area contributed by atoms with Crippen LogP contribution in [0.1, 0.15) is 11.1 Å². The molecule has 9 aromatic rings. The predicted molar refractivity (Wildman–Crippen MR) is 196 cm³/mol. The van der Waals surface area contributed by atoms with E-state index in [9.17, 15) is 0 Å². The number of alkyl halides is 6. The largest absolute Gasteiger partial charge is 0.417 e. The molecule has 7 aromatic carbocycles. The zero-order chi connectivity index (χ0) is 35.8. The zero-order valence-electron chi connectivity index (χ0n) is 27.2. The molecule has 0 N–H and O–H groups in total. The van der Waals surface area contributed by atoms with Gasteiger partial charge in [0.15, 0.2) is 0 Å². The summed E-state index contributed by atoms with van der Waals surface area (Å²) in [5, 5.41) is 3.00. The Bertz CT molecular complexity index is 2510. The smallest absolute Gasteiger partial charge is 0.307 e. The quantitative estimate of drug-likeness (QED) is 0.162. The van der Waals surface area contributed by atoms with Gasteiger partial charge in [-0.3, -0.25) is 0 Å². The van der Waals surface area contributed by atoms with Crippen LogP contribution in [0.3, 0.4) is 0 Å². The Morgan fingerprint density at radius 3 is 0.827 bits per heavy atom. The van der Waals surface area contributed by atoms with Gasteiger partial charge in [0.1, 0.15) is 0 Å². The Kier molecular flexibility index (Phi) is 7.09. The highest BCUT2D eigenvalue weighted by molar-refractivity contribution is 6.13. The van der Waals surface area contributed by atoms with Crippen LogP contribution in [0, 0.1) is 0 Å². The lowest BCUT2D eigenvalue weighted by atomic mass is 9.84. The monoisotopic (exact) mass is 696 g/mol. The van der Waals surface area contributed by atoms with Crippen LogP contribution in [0.15, 0.2) is 158 Å². The Morgan fingerprint density at radius 2 is 0.558 bits per heavy atom. The van der Waals surface area contributed by atoms with E-state index < -0.39 is 34.6 Å². The van der Waals surface area contributed by atoms with Gasteiger partial charge in [-0.1, -0.05) is 133 Å². The van der Waals surface area contributed by atoms with E-state index in [-0.39, 0.29) is 22.5 Å². The molecule has 0 aliphatic rings. The molecule has 2 aromatic heterocycles. The Labute approximate surface area is 293 Å². The van der Waals surface area contributed by atoms with Crippen LogP contribution >= 0.6 is 0 Å². The maximum Gasteiger partial charge on any atom is 0.417 e. The Hall–Kier alpha value is -6.28. The van der Waals surface area contributed by atoms with Gasteiger partial charge in [0, 0.05) is 32.7 Å². The van der Waals surface area contributed by atoms with Crippen LogP contribution in [0.25, 0.3) is 77.2 Å². The molecule has 0 radical (unpaired) electrons. The first-order chi connectivity index (χ1) is 25.1. The molecule has 8 heteroatoms. The average Bonchev–Trinajstić information content (AvgIpc) is 3.66. The highest BCUT2D eigenvalue weighted by Gasteiger charge is 2.50. The molecule has 0 atom stereocenters. The van der Waals surface area contributed by atoms with Crippen molar-refractivity contribution < 1.29 is 26.3 Å². The second-order valence-electron chi connectivity index (χ2n) is 12.7. The topological polar surface area (TPSA) is 9.86 Å². The lowest BCUT2D eigenvalue weighted by Gasteiger charge is -2.31. The first-order valence-corrected chi connectivity index (χ1v) is 16.6. The van der Waals surface area contributed by atoms with Crippen molar-refractivity contribution in [2.45, 2.75) is 12.4 Å². The van der Waals surface area contributed by atoms with Gasteiger partial charge in [-0.2, -0.15) is 26.3 Å². The minimum absolute atomic E-state index is 0.00110. The summed E-state index contributed by atoms with van der Waals surface area (Å²) in [4.78, 5) is 0. The molecule has 0 unspecified atom stereocenters. The van der Waals surface area contributed by atoms with Crippen molar-refractivity contribution in [3.63, 3.8) is 0 Å². The SMILES string of the molecule is FC(F)(F)c1c(-c2ccccc2)c(-n2c3ccccc3c3ccccc32)c(-n2c3ccccc3c3ccccc32)c(-c2ccccc2)c1C(F)(F)F. The summed E-state index contributed by atoms with van der Waals surface area (Å²) in [6.07, 6.45) is -10.8. The van der Waals surface area contributed by atoms with E-state index >= 15 is 26.3 Å². The molecular weight excluding hydrogens is 670 g/mol. The summed E-state index contributed by atoms with van der Waals surface area (Å²) >= 11 is 0. The van der Waals surface area contributed by atoms with E-state index in [0.717, 1.165) is 21.5 Å². The van der Waals surface area contributed by atoms with E-state index in [0.29, 0.717) is 22.1 Å². The van der Waals surface area contributed by atoms with Crippen molar-refractivity contribution in [3.8, 4) is 33.6 Å². The van der Waals surface area contributed by atoms with Gasteiger partial charge in [0.05, 0.1) is 44.6 Å². The number of hydrogen-bond acceptors (Lipinski definition) is 0. The van der Waals surface area contributed by atoms with Crippen LogP contribution < -0.4 is 0 Å². The third-order valence-electron chi connectivity index (χ3n) is 9.75. The molecule has 0 bridgehead atoms. The molecule has 0 saturated carbocycles.